The zero-order valence-corrected chi connectivity index (χ0v) is 12.8. The number of nitrogens with two attached hydrogens (primary N) is 1. The van der Waals surface area contributed by atoms with Crippen molar-refractivity contribution in [3.05, 3.63) is 18.2 Å². The van der Waals surface area contributed by atoms with Crippen molar-refractivity contribution in [2.24, 2.45) is 0 Å². The van der Waals surface area contributed by atoms with Crippen LogP contribution in [-0.2, 0) is 14.8 Å². The normalized spacial score (nSPS) is 22.6. The van der Waals surface area contributed by atoms with Gasteiger partial charge in [-0.05, 0) is 31.0 Å². The molecule has 6 nitrogen and oxygen atoms in total. The minimum absolute atomic E-state index is 0.238. The van der Waals surface area contributed by atoms with E-state index in [2.05, 4.69) is 5.32 Å². The van der Waals surface area contributed by atoms with Crippen molar-refractivity contribution < 1.29 is 13.2 Å². The number of hydrogen-bond donors (Lipinski definition) is 2. The molecule has 0 spiro atoms. The lowest BCUT2D eigenvalue weighted by molar-refractivity contribution is 0.0329. The van der Waals surface area contributed by atoms with E-state index in [-0.39, 0.29) is 17.0 Å². The molecule has 1 fully saturated rings. The predicted molar refractivity (Wildman–Crippen MR) is 79.2 cm³/mol. The number of sulfonamides is 1. The molecular formula is C13H21N3O3S. The maximum Gasteiger partial charge on any atom is 0.242 e. The van der Waals surface area contributed by atoms with Crippen LogP contribution in [0.4, 0.5) is 11.4 Å². The second kappa shape index (κ2) is 5.59. The minimum Gasteiger partial charge on any atom is -0.397 e. The van der Waals surface area contributed by atoms with E-state index >= 15 is 0 Å². The summed E-state index contributed by atoms with van der Waals surface area (Å²) in [6, 6.07) is 5.00. The first-order chi connectivity index (χ1) is 9.34. The summed E-state index contributed by atoms with van der Waals surface area (Å²) >= 11 is 0. The van der Waals surface area contributed by atoms with E-state index in [9.17, 15) is 8.42 Å². The standard InChI is InChI=1S/C13H21N3O3S/c1-16(2)20(17,18)11-4-5-12(14)13(8-11)15-9-6-10(7-9)19-3/h4-5,8-10,15H,6-7,14H2,1-3H3. The highest BCUT2D eigenvalue weighted by atomic mass is 32.2. The number of nitrogen functional groups attached to an aromatic ring is 1. The molecule has 0 aromatic heterocycles. The minimum atomic E-state index is -3.44. The fraction of sp³-hybridized carbons (Fsp3) is 0.538. The van der Waals surface area contributed by atoms with Crippen molar-refractivity contribution in [3.8, 4) is 0 Å². The van der Waals surface area contributed by atoms with Gasteiger partial charge in [0.1, 0.15) is 0 Å². The molecular weight excluding hydrogens is 278 g/mol. The maximum atomic E-state index is 12.1. The van der Waals surface area contributed by atoms with Gasteiger partial charge in [0.25, 0.3) is 0 Å². The molecule has 2 rings (SSSR count). The number of nitrogens with zero attached hydrogens (tertiary/aromatic N) is 1. The largest absolute Gasteiger partial charge is 0.397 e. The zero-order valence-electron chi connectivity index (χ0n) is 12.0. The fourth-order valence-electron chi connectivity index (χ4n) is 2.13. The highest BCUT2D eigenvalue weighted by molar-refractivity contribution is 7.89. The number of ether oxygens (including phenoxy) is 1. The van der Waals surface area contributed by atoms with Crippen molar-refractivity contribution in [3.63, 3.8) is 0 Å². The first kappa shape index (κ1) is 15.1. The van der Waals surface area contributed by atoms with Crippen molar-refractivity contribution in [1.29, 1.82) is 0 Å². The van der Waals surface area contributed by atoms with Gasteiger partial charge in [-0.25, -0.2) is 12.7 Å². The predicted octanol–water partition coefficient (Wildman–Crippen LogP) is 1.11. The van der Waals surface area contributed by atoms with Gasteiger partial charge >= 0.3 is 0 Å². The Bertz CT molecular complexity index is 581. The third kappa shape index (κ3) is 2.89. The van der Waals surface area contributed by atoms with E-state index in [0.29, 0.717) is 11.4 Å². The molecule has 1 aliphatic carbocycles. The van der Waals surface area contributed by atoms with Crippen LogP contribution < -0.4 is 11.1 Å². The molecule has 0 atom stereocenters. The van der Waals surface area contributed by atoms with Crippen molar-refractivity contribution in [2.75, 3.05) is 32.3 Å². The molecule has 112 valence electrons. The summed E-state index contributed by atoms with van der Waals surface area (Å²) in [5.74, 6) is 0. The van der Waals surface area contributed by atoms with Gasteiger partial charge in [-0.15, -0.1) is 0 Å². The average molecular weight is 299 g/mol. The van der Waals surface area contributed by atoms with Crippen LogP contribution in [0, 0.1) is 0 Å². The smallest absolute Gasteiger partial charge is 0.242 e. The third-order valence-electron chi connectivity index (χ3n) is 3.59. The van der Waals surface area contributed by atoms with Crippen molar-refractivity contribution >= 4 is 21.4 Å². The molecule has 0 aliphatic heterocycles. The molecule has 1 aromatic carbocycles. The topological polar surface area (TPSA) is 84.7 Å². The first-order valence-corrected chi connectivity index (χ1v) is 7.90. The molecule has 0 bridgehead atoms. The Morgan fingerprint density at radius 1 is 1.35 bits per heavy atom. The number of anilines is 2. The Balaban J connectivity index is 2.18. The van der Waals surface area contributed by atoms with Gasteiger partial charge < -0.3 is 15.8 Å². The maximum absolute atomic E-state index is 12.1. The second-order valence-corrected chi connectivity index (χ2v) is 7.36. The summed E-state index contributed by atoms with van der Waals surface area (Å²) < 4.78 is 30.6. The number of hydrogen-bond acceptors (Lipinski definition) is 5. The van der Waals surface area contributed by atoms with Crippen LogP contribution in [0.15, 0.2) is 23.1 Å². The highest BCUT2D eigenvalue weighted by Crippen LogP contribution is 2.30. The molecule has 1 aliphatic rings. The summed E-state index contributed by atoms with van der Waals surface area (Å²) in [6.07, 6.45) is 2.09. The lowest BCUT2D eigenvalue weighted by atomic mass is 9.89. The molecule has 7 heteroatoms. The van der Waals surface area contributed by atoms with Crippen LogP contribution in [0.25, 0.3) is 0 Å². The van der Waals surface area contributed by atoms with E-state index in [1.807, 2.05) is 0 Å². The zero-order chi connectivity index (χ0) is 14.9. The summed E-state index contributed by atoms with van der Waals surface area (Å²) in [5.41, 5.74) is 7.11. The summed E-state index contributed by atoms with van der Waals surface area (Å²) in [5, 5.41) is 3.27. The Morgan fingerprint density at radius 2 is 2.00 bits per heavy atom. The van der Waals surface area contributed by atoms with Crippen molar-refractivity contribution in [1.82, 2.24) is 4.31 Å². The van der Waals surface area contributed by atoms with Gasteiger partial charge in [-0.1, -0.05) is 0 Å². The molecule has 0 saturated heterocycles. The Hall–Kier alpha value is -1.31. The van der Waals surface area contributed by atoms with Crippen LogP contribution >= 0.6 is 0 Å². The highest BCUT2D eigenvalue weighted by Gasteiger charge is 2.29. The SMILES string of the molecule is COC1CC(Nc2cc(S(=O)(=O)N(C)C)ccc2N)C1. The summed E-state index contributed by atoms with van der Waals surface area (Å²) in [6.45, 7) is 0. The van der Waals surface area contributed by atoms with Crippen molar-refractivity contribution in [2.45, 2.75) is 29.9 Å². The van der Waals surface area contributed by atoms with Gasteiger partial charge in [0.15, 0.2) is 0 Å². The monoisotopic (exact) mass is 299 g/mol. The second-order valence-electron chi connectivity index (χ2n) is 5.21. The van der Waals surface area contributed by atoms with E-state index in [1.54, 1.807) is 19.2 Å². The molecule has 1 saturated carbocycles. The number of nitrogens with one attached hydrogen (secondary N) is 1. The summed E-state index contributed by atoms with van der Waals surface area (Å²) in [4.78, 5) is 0.238. The number of methoxy groups -OCH3 is 1. The fourth-order valence-corrected chi connectivity index (χ4v) is 3.06. The van der Waals surface area contributed by atoms with E-state index < -0.39 is 10.0 Å². The van der Waals surface area contributed by atoms with Gasteiger partial charge in [-0.3, -0.25) is 0 Å². The van der Waals surface area contributed by atoms with E-state index in [1.165, 1.54) is 24.5 Å². The molecule has 0 heterocycles. The van der Waals surface area contributed by atoms with Crippen LogP contribution in [0.5, 0.6) is 0 Å². The quantitative estimate of drug-likeness (QED) is 0.796. The Morgan fingerprint density at radius 3 is 2.55 bits per heavy atom. The van der Waals surface area contributed by atoms with Crippen LogP contribution in [0.1, 0.15) is 12.8 Å². The Labute approximate surface area is 120 Å². The van der Waals surface area contributed by atoms with Crippen LogP contribution in [0.3, 0.4) is 0 Å². The van der Waals surface area contributed by atoms with Gasteiger partial charge in [0, 0.05) is 27.2 Å². The first-order valence-electron chi connectivity index (χ1n) is 6.46. The third-order valence-corrected chi connectivity index (χ3v) is 5.40. The van der Waals surface area contributed by atoms with Gasteiger partial charge in [0.05, 0.1) is 22.4 Å². The lowest BCUT2D eigenvalue weighted by Crippen LogP contribution is -2.40. The van der Waals surface area contributed by atoms with E-state index in [4.69, 9.17) is 10.5 Å². The molecule has 1 aromatic rings. The average Bonchev–Trinajstić information content (AvgIpc) is 2.34. The molecule has 20 heavy (non-hydrogen) atoms. The number of rotatable bonds is 5. The number of benzene rings is 1. The molecule has 0 unspecified atom stereocenters. The molecule has 0 radical (unpaired) electrons. The van der Waals surface area contributed by atoms with Crippen LogP contribution in [-0.4, -0.2) is 46.1 Å². The van der Waals surface area contributed by atoms with Gasteiger partial charge in [-0.2, -0.15) is 0 Å². The molecule has 0 amide bonds. The van der Waals surface area contributed by atoms with Gasteiger partial charge in [0.2, 0.25) is 10.0 Å². The lowest BCUT2D eigenvalue weighted by Gasteiger charge is -2.35. The van der Waals surface area contributed by atoms with Crippen LogP contribution in [0.2, 0.25) is 0 Å². The van der Waals surface area contributed by atoms with E-state index in [0.717, 1.165) is 12.8 Å². The Kier molecular flexibility index (Phi) is 4.22. The summed E-state index contributed by atoms with van der Waals surface area (Å²) in [7, 11) is 1.27. The molecule has 3 N–H and O–H groups in total.